The second-order valence-corrected chi connectivity index (χ2v) is 9.14. The van der Waals surface area contributed by atoms with Crippen LogP contribution >= 0.6 is 11.6 Å². The van der Waals surface area contributed by atoms with Crippen LogP contribution in [0.5, 0.6) is 0 Å². The zero-order chi connectivity index (χ0) is 24.0. The highest BCUT2D eigenvalue weighted by Gasteiger charge is 2.31. The number of hydrogen-bond donors (Lipinski definition) is 2. The molecule has 0 bridgehead atoms. The van der Waals surface area contributed by atoms with Crippen molar-refractivity contribution >= 4 is 28.3 Å². The third-order valence-electron chi connectivity index (χ3n) is 6.21. The lowest BCUT2D eigenvalue weighted by Crippen LogP contribution is -2.56. The van der Waals surface area contributed by atoms with Gasteiger partial charge in [0.1, 0.15) is 0 Å². The first-order valence-corrected chi connectivity index (χ1v) is 11.8. The lowest BCUT2D eigenvalue weighted by Gasteiger charge is -2.37. The van der Waals surface area contributed by atoms with Crippen LogP contribution in [0.15, 0.2) is 78.0 Å². The lowest BCUT2D eigenvalue weighted by molar-refractivity contribution is 0.0724. The smallest absolute Gasteiger partial charge is 0.258 e. The highest BCUT2D eigenvalue weighted by atomic mass is 35.5. The molecule has 0 aromatic heterocycles. The highest BCUT2D eigenvalue weighted by Crippen LogP contribution is 2.30. The Hall–Kier alpha value is -2.66. The Balaban J connectivity index is 2.11. The van der Waals surface area contributed by atoms with Gasteiger partial charge in [-0.2, -0.15) is 0 Å². The third kappa shape index (κ3) is 5.83. The van der Waals surface area contributed by atoms with E-state index in [0.717, 1.165) is 40.4 Å². The minimum absolute atomic E-state index is 0.0133. The summed E-state index contributed by atoms with van der Waals surface area (Å²) in [7, 11) is 0. The molecule has 5 heteroatoms. The summed E-state index contributed by atoms with van der Waals surface area (Å²) in [6.45, 7) is 11.3. The number of carbonyl (C=O) groups is 1. The van der Waals surface area contributed by atoms with Crippen LogP contribution < -0.4 is 11.1 Å². The van der Waals surface area contributed by atoms with Crippen molar-refractivity contribution in [2.24, 2.45) is 5.73 Å². The van der Waals surface area contributed by atoms with E-state index in [-0.39, 0.29) is 18.0 Å². The number of piperidine rings is 1. The van der Waals surface area contributed by atoms with E-state index < -0.39 is 0 Å². The number of benzene rings is 2. The average Bonchev–Trinajstić information content (AvgIpc) is 2.81. The minimum Gasteiger partial charge on any atom is -0.325 e. The van der Waals surface area contributed by atoms with Crippen molar-refractivity contribution < 1.29 is 4.79 Å². The second-order valence-electron chi connectivity index (χ2n) is 8.55. The number of carbonyl (C=O) groups excluding carboxylic acids is 1. The van der Waals surface area contributed by atoms with E-state index in [1.165, 1.54) is 0 Å². The van der Waals surface area contributed by atoms with Gasteiger partial charge in [-0.15, -0.1) is 0 Å². The molecule has 4 nitrogen and oxygen atoms in total. The molecule has 1 saturated heterocycles. The summed E-state index contributed by atoms with van der Waals surface area (Å²) >= 11 is 6.03. The van der Waals surface area contributed by atoms with E-state index >= 15 is 0 Å². The lowest BCUT2D eigenvalue weighted by atomic mass is 9.90. The number of nitrogens with two attached hydrogens (primary N) is 1. The first-order chi connectivity index (χ1) is 15.9. The minimum atomic E-state index is -0.111. The first-order valence-electron chi connectivity index (χ1n) is 11.5. The molecule has 2 aromatic rings. The zero-order valence-electron chi connectivity index (χ0n) is 19.8. The predicted octanol–water partition coefficient (Wildman–Crippen LogP) is 5.61. The maximum atomic E-state index is 13.9. The van der Waals surface area contributed by atoms with Crippen molar-refractivity contribution in [3.05, 3.63) is 94.7 Å². The second kappa shape index (κ2) is 11.5. The van der Waals surface area contributed by atoms with E-state index in [9.17, 15) is 4.79 Å². The molecule has 1 fully saturated rings. The van der Waals surface area contributed by atoms with Crippen LogP contribution in [-0.2, 0) is 6.42 Å². The molecular formula is C28H34ClN3O. The molecule has 0 saturated carbocycles. The van der Waals surface area contributed by atoms with Gasteiger partial charge in [0, 0.05) is 29.4 Å². The molecule has 1 aliphatic rings. The monoisotopic (exact) mass is 463 g/mol. The Bertz CT molecular complexity index is 1110. The number of fused-ring (bicyclic) bond motifs is 1. The van der Waals surface area contributed by atoms with Gasteiger partial charge < -0.3 is 16.0 Å². The topological polar surface area (TPSA) is 58.4 Å². The zero-order valence-corrected chi connectivity index (χ0v) is 20.5. The van der Waals surface area contributed by atoms with Crippen LogP contribution in [-0.4, -0.2) is 36.0 Å². The van der Waals surface area contributed by atoms with E-state index in [2.05, 4.69) is 24.0 Å². The van der Waals surface area contributed by atoms with Crippen molar-refractivity contribution in [1.29, 1.82) is 0 Å². The summed E-state index contributed by atoms with van der Waals surface area (Å²) in [4.78, 5) is 15.7. The predicted molar refractivity (Wildman–Crippen MR) is 141 cm³/mol. The average molecular weight is 464 g/mol. The quantitative estimate of drug-likeness (QED) is 0.524. The van der Waals surface area contributed by atoms with E-state index in [0.29, 0.717) is 23.6 Å². The molecule has 2 aromatic carbocycles. The fraction of sp³-hybridized carbons (Fsp3) is 0.321. The van der Waals surface area contributed by atoms with Crippen molar-refractivity contribution in [3.63, 3.8) is 0 Å². The molecule has 3 N–H and O–H groups in total. The summed E-state index contributed by atoms with van der Waals surface area (Å²) in [5.74, 6) is -0.0133. The van der Waals surface area contributed by atoms with Crippen LogP contribution in [0, 0.1) is 6.92 Å². The molecule has 0 radical (unpaired) electrons. The molecule has 174 valence electrons. The molecule has 33 heavy (non-hydrogen) atoms. The molecule has 1 amide bonds. The Labute approximate surface area is 202 Å². The Kier molecular flexibility index (Phi) is 8.67. The van der Waals surface area contributed by atoms with Gasteiger partial charge in [0.25, 0.3) is 5.91 Å². The normalized spacial score (nSPS) is 19.8. The molecule has 2 atom stereocenters. The van der Waals surface area contributed by atoms with Gasteiger partial charge in [-0.3, -0.25) is 4.79 Å². The number of rotatable bonds is 7. The highest BCUT2D eigenvalue weighted by molar-refractivity contribution is 6.29. The number of halogens is 1. The maximum Gasteiger partial charge on any atom is 0.258 e. The van der Waals surface area contributed by atoms with E-state index in [4.69, 9.17) is 17.3 Å². The Morgan fingerprint density at radius 1 is 1.30 bits per heavy atom. The SMILES string of the molecule is C=C/C(=C\C=C(/C)Cl)Cc1cc(C(=O)N(/C=C\C)[C@H]2CCNC[C@@H]2N)c(C)c2ccccc12. The fourth-order valence-electron chi connectivity index (χ4n) is 4.45. The number of aryl methyl sites for hydroxylation is 1. The van der Waals surface area contributed by atoms with Crippen molar-refractivity contribution in [1.82, 2.24) is 10.2 Å². The number of amides is 1. The van der Waals surface area contributed by atoms with Crippen molar-refractivity contribution in [2.75, 3.05) is 13.1 Å². The van der Waals surface area contributed by atoms with Gasteiger partial charge in [0.05, 0.1) is 6.04 Å². The number of allylic oxidation sites excluding steroid dienone is 6. The summed E-state index contributed by atoms with van der Waals surface area (Å²) in [6.07, 6.45) is 10.9. The molecule has 0 spiro atoms. The standard InChI is InChI=1S/C28H34ClN3O/c1-5-15-32(27-13-14-31-18-26(27)30)28(33)25-17-22(16-21(6-2)12-11-19(3)29)24-10-8-7-9-23(24)20(25)4/h5-12,15,17,26-27,31H,2,13-14,16,18,30H2,1,3-4H3/b15-5-,19-11+,21-12+/t26-,27-/m0/s1. The molecule has 0 aliphatic carbocycles. The van der Waals surface area contributed by atoms with Crippen molar-refractivity contribution in [2.45, 2.75) is 45.7 Å². The molecule has 1 heterocycles. The van der Waals surface area contributed by atoms with Crippen LogP contribution in [0.3, 0.4) is 0 Å². The van der Waals surface area contributed by atoms with Crippen LogP contribution in [0.2, 0.25) is 0 Å². The number of hydrogen-bond acceptors (Lipinski definition) is 3. The summed E-state index contributed by atoms with van der Waals surface area (Å²) in [6, 6.07) is 10.1. The van der Waals surface area contributed by atoms with Gasteiger partial charge in [0.2, 0.25) is 0 Å². The van der Waals surface area contributed by atoms with E-state index in [1.54, 1.807) is 0 Å². The molecule has 0 unspecified atom stereocenters. The van der Waals surface area contributed by atoms with Gasteiger partial charge in [-0.25, -0.2) is 0 Å². The van der Waals surface area contributed by atoms with E-state index in [1.807, 2.05) is 74.4 Å². The molecule has 3 rings (SSSR count). The van der Waals surface area contributed by atoms with Crippen LogP contribution in [0.1, 0.15) is 41.8 Å². The van der Waals surface area contributed by atoms with Gasteiger partial charge in [-0.1, -0.05) is 60.7 Å². The Morgan fingerprint density at radius 2 is 2.03 bits per heavy atom. The van der Waals surface area contributed by atoms with Gasteiger partial charge in [-0.05, 0) is 79.8 Å². The number of nitrogens with zero attached hydrogens (tertiary/aromatic N) is 1. The summed E-state index contributed by atoms with van der Waals surface area (Å²) in [5.41, 5.74) is 10.2. The van der Waals surface area contributed by atoms with Gasteiger partial charge in [0.15, 0.2) is 0 Å². The summed E-state index contributed by atoms with van der Waals surface area (Å²) in [5, 5.41) is 6.25. The Morgan fingerprint density at radius 3 is 2.67 bits per heavy atom. The largest absolute Gasteiger partial charge is 0.325 e. The van der Waals surface area contributed by atoms with Gasteiger partial charge >= 0.3 is 0 Å². The van der Waals surface area contributed by atoms with Crippen LogP contribution in [0.25, 0.3) is 10.8 Å². The third-order valence-corrected chi connectivity index (χ3v) is 6.33. The first kappa shape index (κ1) is 25.0. The summed E-state index contributed by atoms with van der Waals surface area (Å²) < 4.78 is 0. The molecular weight excluding hydrogens is 430 g/mol. The number of nitrogens with one attached hydrogen (secondary N) is 1. The van der Waals surface area contributed by atoms with Crippen molar-refractivity contribution in [3.8, 4) is 0 Å². The fourth-order valence-corrected chi connectivity index (χ4v) is 4.51. The maximum absolute atomic E-state index is 13.9. The van der Waals surface area contributed by atoms with Crippen LogP contribution in [0.4, 0.5) is 0 Å². The molecule has 1 aliphatic heterocycles.